The SMILES string of the molecule is CCOc1ccc(N2C(=O)C(Cl)=C(Nc3cccc(C(=O)Nc4cc(C)ccc4C)c3)C2=O)cc1. The molecule has 0 bridgehead atoms. The summed E-state index contributed by atoms with van der Waals surface area (Å²) in [5, 5.41) is 5.60. The molecule has 0 spiro atoms. The fraction of sp³-hybridized carbons (Fsp3) is 0.148. The van der Waals surface area contributed by atoms with E-state index in [1.165, 1.54) is 0 Å². The normalized spacial score (nSPS) is 13.3. The molecule has 1 heterocycles. The Labute approximate surface area is 208 Å². The molecule has 4 rings (SSSR count). The number of benzene rings is 3. The molecule has 3 aromatic carbocycles. The maximum atomic E-state index is 13.1. The van der Waals surface area contributed by atoms with Crippen LogP contribution in [0.2, 0.25) is 0 Å². The van der Waals surface area contributed by atoms with Crippen molar-refractivity contribution >= 4 is 46.4 Å². The molecule has 3 aromatic rings. The molecule has 0 aromatic heterocycles. The fourth-order valence-corrected chi connectivity index (χ4v) is 3.86. The average molecular weight is 490 g/mol. The highest BCUT2D eigenvalue weighted by atomic mass is 35.5. The van der Waals surface area contributed by atoms with E-state index in [0.717, 1.165) is 21.7 Å². The van der Waals surface area contributed by atoms with Gasteiger partial charge in [0.1, 0.15) is 16.5 Å². The highest BCUT2D eigenvalue weighted by Crippen LogP contribution is 2.31. The molecule has 0 fully saturated rings. The molecular weight excluding hydrogens is 466 g/mol. The van der Waals surface area contributed by atoms with Gasteiger partial charge in [-0.1, -0.05) is 29.8 Å². The van der Waals surface area contributed by atoms with Crippen LogP contribution in [0.25, 0.3) is 0 Å². The molecular formula is C27H24ClN3O4. The predicted octanol–water partition coefficient (Wildman–Crippen LogP) is 5.39. The van der Waals surface area contributed by atoms with Gasteiger partial charge in [0.15, 0.2) is 0 Å². The summed E-state index contributed by atoms with van der Waals surface area (Å²) in [7, 11) is 0. The molecule has 0 aliphatic carbocycles. The zero-order valence-electron chi connectivity index (χ0n) is 19.5. The Bertz CT molecular complexity index is 1350. The van der Waals surface area contributed by atoms with Gasteiger partial charge in [-0.15, -0.1) is 0 Å². The number of ether oxygens (including phenoxy) is 1. The first-order valence-electron chi connectivity index (χ1n) is 11.1. The topological polar surface area (TPSA) is 87.7 Å². The Morgan fingerprint density at radius 1 is 0.971 bits per heavy atom. The Balaban J connectivity index is 1.52. The van der Waals surface area contributed by atoms with Crippen LogP contribution >= 0.6 is 11.6 Å². The summed E-state index contributed by atoms with van der Waals surface area (Å²) >= 11 is 6.24. The first kappa shape index (κ1) is 24.0. The average Bonchev–Trinajstić information content (AvgIpc) is 3.05. The van der Waals surface area contributed by atoms with E-state index in [-0.39, 0.29) is 16.6 Å². The number of aryl methyl sites for hydroxylation is 2. The molecule has 1 aliphatic rings. The number of anilines is 3. The Morgan fingerprint density at radius 2 is 1.71 bits per heavy atom. The fourth-order valence-electron chi connectivity index (χ4n) is 3.65. The lowest BCUT2D eigenvalue weighted by molar-refractivity contribution is -0.120. The zero-order valence-corrected chi connectivity index (χ0v) is 20.3. The molecule has 2 N–H and O–H groups in total. The largest absolute Gasteiger partial charge is 0.494 e. The molecule has 8 heteroatoms. The summed E-state index contributed by atoms with van der Waals surface area (Å²) in [5.41, 5.74) is 3.85. The minimum atomic E-state index is -0.632. The van der Waals surface area contributed by atoms with Gasteiger partial charge in [-0.25, -0.2) is 4.90 Å². The van der Waals surface area contributed by atoms with Crippen molar-refractivity contribution in [2.24, 2.45) is 0 Å². The minimum Gasteiger partial charge on any atom is -0.494 e. The maximum absolute atomic E-state index is 13.1. The highest BCUT2D eigenvalue weighted by Gasteiger charge is 2.39. The lowest BCUT2D eigenvalue weighted by Crippen LogP contribution is -2.32. The van der Waals surface area contributed by atoms with Gasteiger partial charge in [-0.2, -0.15) is 0 Å². The van der Waals surface area contributed by atoms with Gasteiger partial charge >= 0.3 is 0 Å². The molecule has 0 radical (unpaired) electrons. The van der Waals surface area contributed by atoms with E-state index in [1.54, 1.807) is 48.5 Å². The van der Waals surface area contributed by atoms with Crippen molar-refractivity contribution in [2.45, 2.75) is 20.8 Å². The Hall–Kier alpha value is -4.10. The van der Waals surface area contributed by atoms with E-state index < -0.39 is 11.8 Å². The number of amides is 3. The van der Waals surface area contributed by atoms with E-state index in [9.17, 15) is 14.4 Å². The molecule has 3 amide bonds. The van der Waals surface area contributed by atoms with E-state index >= 15 is 0 Å². The van der Waals surface area contributed by atoms with E-state index in [0.29, 0.717) is 29.3 Å². The van der Waals surface area contributed by atoms with Crippen molar-refractivity contribution in [3.05, 3.63) is 94.1 Å². The number of rotatable bonds is 7. The number of carbonyl (C=O) groups excluding carboxylic acids is 3. The summed E-state index contributed by atoms with van der Waals surface area (Å²) in [6, 6.07) is 19.0. The number of halogens is 1. The van der Waals surface area contributed by atoms with Crippen LogP contribution in [0, 0.1) is 13.8 Å². The minimum absolute atomic E-state index is 0.0577. The molecule has 0 atom stereocenters. The standard InChI is InChI=1S/C27H24ClN3O4/c1-4-35-21-12-10-20(11-13-21)31-26(33)23(28)24(27(31)34)29-19-7-5-6-18(15-19)25(32)30-22-14-16(2)8-9-17(22)3/h5-15,29H,4H2,1-3H3,(H,30,32). The van der Waals surface area contributed by atoms with Gasteiger partial charge in [-0.05, 0) is 80.4 Å². The molecule has 178 valence electrons. The lowest BCUT2D eigenvalue weighted by Gasteiger charge is -2.16. The van der Waals surface area contributed by atoms with Crippen molar-refractivity contribution in [3.63, 3.8) is 0 Å². The van der Waals surface area contributed by atoms with Gasteiger partial charge in [-0.3, -0.25) is 14.4 Å². The Kier molecular flexibility index (Phi) is 6.89. The van der Waals surface area contributed by atoms with Crippen molar-refractivity contribution in [3.8, 4) is 5.75 Å². The second-order valence-corrected chi connectivity index (χ2v) is 8.42. The summed E-state index contributed by atoms with van der Waals surface area (Å²) in [4.78, 5) is 39.6. The number of hydrogen-bond acceptors (Lipinski definition) is 5. The van der Waals surface area contributed by atoms with Crippen molar-refractivity contribution in [1.29, 1.82) is 0 Å². The molecule has 7 nitrogen and oxygen atoms in total. The monoisotopic (exact) mass is 489 g/mol. The van der Waals surface area contributed by atoms with Crippen molar-refractivity contribution < 1.29 is 19.1 Å². The molecule has 0 saturated carbocycles. The molecule has 35 heavy (non-hydrogen) atoms. The Morgan fingerprint density at radius 3 is 2.43 bits per heavy atom. The van der Waals surface area contributed by atoms with Gasteiger partial charge in [0.2, 0.25) is 0 Å². The molecule has 0 unspecified atom stereocenters. The molecule has 0 saturated heterocycles. The number of nitrogens with one attached hydrogen (secondary N) is 2. The van der Waals surface area contributed by atoms with Gasteiger partial charge < -0.3 is 15.4 Å². The number of imide groups is 1. The summed E-state index contributed by atoms with van der Waals surface area (Å²) in [5.74, 6) is -0.891. The van der Waals surface area contributed by atoms with E-state index in [2.05, 4.69) is 10.6 Å². The van der Waals surface area contributed by atoms with Crippen molar-refractivity contribution in [2.75, 3.05) is 22.1 Å². The third-order valence-corrected chi connectivity index (χ3v) is 5.82. The van der Waals surface area contributed by atoms with E-state index in [1.807, 2.05) is 39.0 Å². The van der Waals surface area contributed by atoms with Gasteiger partial charge in [0, 0.05) is 16.9 Å². The number of carbonyl (C=O) groups is 3. The lowest BCUT2D eigenvalue weighted by atomic mass is 10.1. The second kappa shape index (κ2) is 10.0. The third kappa shape index (κ3) is 5.05. The van der Waals surface area contributed by atoms with Crippen LogP contribution in [0.5, 0.6) is 5.75 Å². The third-order valence-electron chi connectivity index (χ3n) is 5.47. The van der Waals surface area contributed by atoms with Crippen LogP contribution in [-0.2, 0) is 9.59 Å². The quantitative estimate of drug-likeness (QED) is 0.434. The van der Waals surface area contributed by atoms with Crippen LogP contribution in [0.1, 0.15) is 28.4 Å². The highest BCUT2D eigenvalue weighted by molar-refractivity contribution is 6.53. The molecule has 1 aliphatic heterocycles. The smallest absolute Gasteiger partial charge is 0.283 e. The summed E-state index contributed by atoms with van der Waals surface area (Å²) in [6.45, 7) is 6.24. The van der Waals surface area contributed by atoms with Crippen LogP contribution in [0.3, 0.4) is 0 Å². The van der Waals surface area contributed by atoms with Crippen molar-refractivity contribution in [1.82, 2.24) is 0 Å². The second-order valence-electron chi connectivity index (χ2n) is 8.04. The summed E-state index contributed by atoms with van der Waals surface area (Å²) < 4.78 is 5.41. The summed E-state index contributed by atoms with van der Waals surface area (Å²) in [6.07, 6.45) is 0. The van der Waals surface area contributed by atoms with Crippen LogP contribution < -0.4 is 20.3 Å². The van der Waals surface area contributed by atoms with E-state index in [4.69, 9.17) is 16.3 Å². The van der Waals surface area contributed by atoms with Gasteiger partial charge in [0.05, 0.1) is 12.3 Å². The van der Waals surface area contributed by atoms with Crippen LogP contribution in [0.4, 0.5) is 17.1 Å². The predicted molar refractivity (Wildman–Crippen MR) is 137 cm³/mol. The maximum Gasteiger partial charge on any atom is 0.283 e. The first-order valence-corrected chi connectivity index (χ1v) is 11.4. The van der Waals surface area contributed by atoms with Crippen LogP contribution in [-0.4, -0.2) is 24.3 Å². The van der Waals surface area contributed by atoms with Crippen LogP contribution in [0.15, 0.2) is 77.5 Å². The number of hydrogen-bond donors (Lipinski definition) is 2. The first-order chi connectivity index (χ1) is 16.8. The zero-order chi connectivity index (χ0) is 25.1. The number of nitrogens with zero attached hydrogens (tertiary/aromatic N) is 1. The van der Waals surface area contributed by atoms with Gasteiger partial charge in [0.25, 0.3) is 17.7 Å².